The first kappa shape index (κ1) is 16.4. The smallest absolute Gasteiger partial charge is 0.337 e. The number of carbonyl (C=O) groups excluding carboxylic acids is 2. The molecule has 8 heteroatoms. The third kappa shape index (κ3) is 3.63. The second-order valence-electron chi connectivity index (χ2n) is 4.58. The predicted octanol–water partition coefficient (Wildman–Crippen LogP) is 1.33. The Morgan fingerprint density at radius 2 is 2.00 bits per heavy atom. The second-order valence-corrected chi connectivity index (χ2v) is 6.42. The van der Waals surface area contributed by atoms with Gasteiger partial charge in [-0.2, -0.15) is 0 Å². The molecule has 1 atom stereocenters. The Hall–Kier alpha value is -1.93. The van der Waals surface area contributed by atoms with Gasteiger partial charge in [-0.25, -0.2) is 4.79 Å². The van der Waals surface area contributed by atoms with E-state index in [1.165, 1.54) is 18.9 Å². The number of hydrogen-bond acceptors (Lipinski definition) is 6. The highest BCUT2D eigenvalue weighted by atomic mass is 32.2. The van der Waals surface area contributed by atoms with Crippen LogP contribution in [-0.4, -0.2) is 51.1 Å². The SMILES string of the molecule is COC(=O)c1ccc(CC2SC(=S)N(CC(=O)O)C2=O)cc1. The van der Waals surface area contributed by atoms with Crippen LogP contribution in [0.4, 0.5) is 0 Å². The number of rotatable bonds is 5. The van der Waals surface area contributed by atoms with Crippen molar-refractivity contribution < 1.29 is 24.2 Å². The monoisotopic (exact) mass is 339 g/mol. The molecule has 1 aromatic rings. The minimum absolute atomic E-state index is 0.281. The summed E-state index contributed by atoms with van der Waals surface area (Å²) in [5.41, 5.74) is 1.29. The predicted molar refractivity (Wildman–Crippen MR) is 84.8 cm³/mol. The van der Waals surface area contributed by atoms with Gasteiger partial charge >= 0.3 is 11.9 Å². The lowest BCUT2D eigenvalue weighted by molar-refractivity contribution is -0.141. The number of benzene rings is 1. The third-order valence-corrected chi connectivity index (χ3v) is 4.68. The molecule has 1 aliphatic rings. The third-order valence-electron chi connectivity index (χ3n) is 3.09. The molecule has 1 saturated heterocycles. The molecule has 1 aliphatic heterocycles. The Kier molecular flexibility index (Phi) is 5.15. The first-order chi connectivity index (χ1) is 10.4. The van der Waals surface area contributed by atoms with E-state index in [-0.39, 0.29) is 10.2 Å². The van der Waals surface area contributed by atoms with E-state index in [1.807, 2.05) is 0 Å². The second kappa shape index (κ2) is 6.89. The molecule has 6 nitrogen and oxygen atoms in total. The van der Waals surface area contributed by atoms with E-state index in [9.17, 15) is 14.4 Å². The van der Waals surface area contributed by atoms with E-state index in [4.69, 9.17) is 17.3 Å². The zero-order chi connectivity index (χ0) is 16.3. The number of carboxylic acids is 1. The van der Waals surface area contributed by atoms with E-state index < -0.39 is 23.7 Å². The van der Waals surface area contributed by atoms with E-state index in [0.717, 1.165) is 10.5 Å². The van der Waals surface area contributed by atoms with Gasteiger partial charge in [0.2, 0.25) is 5.91 Å². The van der Waals surface area contributed by atoms with Gasteiger partial charge in [-0.15, -0.1) is 0 Å². The van der Waals surface area contributed by atoms with E-state index in [0.29, 0.717) is 12.0 Å². The van der Waals surface area contributed by atoms with Gasteiger partial charge in [-0.3, -0.25) is 14.5 Å². The van der Waals surface area contributed by atoms with Crippen LogP contribution in [0.2, 0.25) is 0 Å². The summed E-state index contributed by atoms with van der Waals surface area (Å²) in [5, 5.41) is 8.35. The highest BCUT2D eigenvalue weighted by molar-refractivity contribution is 8.24. The molecule has 0 radical (unpaired) electrons. The van der Waals surface area contributed by atoms with Crippen LogP contribution >= 0.6 is 24.0 Å². The van der Waals surface area contributed by atoms with Crippen molar-refractivity contribution in [2.75, 3.05) is 13.7 Å². The summed E-state index contributed by atoms with van der Waals surface area (Å²) in [5.74, 6) is -1.82. The minimum atomic E-state index is -1.10. The standard InChI is InChI=1S/C14H13NO5S2/c1-20-13(19)9-4-2-8(3-5-9)6-10-12(18)15(7-11(16)17)14(21)22-10/h2-5,10H,6-7H2,1H3,(H,16,17). The fraction of sp³-hybridized carbons (Fsp3) is 0.286. The largest absolute Gasteiger partial charge is 0.480 e. The van der Waals surface area contributed by atoms with Gasteiger partial charge in [0.05, 0.1) is 17.9 Å². The Bertz CT molecular complexity index is 629. The first-order valence-corrected chi connectivity index (χ1v) is 7.62. The van der Waals surface area contributed by atoms with Crippen LogP contribution in [0, 0.1) is 0 Å². The van der Waals surface area contributed by atoms with Gasteiger partial charge in [0, 0.05) is 0 Å². The van der Waals surface area contributed by atoms with Crippen molar-refractivity contribution >= 4 is 46.1 Å². The topological polar surface area (TPSA) is 83.9 Å². The van der Waals surface area contributed by atoms with Crippen LogP contribution in [0.25, 0.3) is 0 Å². The lowest BCUT2D eigenvalue weighted by Gasteiger charge is -2.12. The summed E-state index contributed by atoms with van der Waals surface area (Å²) in [6, 6.07) is 6.73. The number of amides is 1. The van der Waals surface area contributed by atoms with Crippen molar-refractivity contribution in [2.24, 2.45) is 0 Å². The summed E-state index contributed by atoms with van der Waals surface area (Å²) in [4.78, 5) is 35.3. The van der Waals surface area contributed by atoms with E-state index in [1.54, 1.807) is 24.3 Å². The molecule has 0 aliphatic carbocycles. The Morgan fingerprint density at radius 3 is 2.55 bits per heavy atom. The number of esters is 1. The Labute approximate surface area is 136 Å². The number of methoxy groups -OCH3 is 1. The Morgan fingerprint density at radius 1 is 1.36 bits per heavy atom. The van der Waals surface area contributed by atoms with Crippen LogP contribution in [-0.2, 0) is 20.7 Å². The van der Waals surface area contributed by atoms with Gasteiger partial charge in [0.1, 0.15) is 10.9 Å². The van der Waals surface area contributed by atoms with Crippen molar-refractivity contribution in [3.8, 4) is 0 Å². The fourth-order valence-corrected chi connectivity index (χ4v) is 3.55. The normalized spacial score (nSPS) is 17.7. The highest BCUT2D eigenvalue weighted by Gasteiger charge is 2.37. The van der Waals surface area contributed by atoms with Gasteiger partial charge in [0.25, 0.3) is 0 Å². The molecule has 1 aromatic carbocycles. The van der Waals surface area contributed by atoms with E-state index >= 15 is 0 Å². The highest BCUT2D eigenvalue weighted by Crippen LogP contribution is 2.29. The quantitative estimate of drug-likeness (QED) is 0.640. The maximum atomic E-state index is 12.2. The minimum Gasteiger partial charge on any atom is -0.480 e. The number of carboxylic acid groups (broad SMARTS) is 1. The molecule has 0 aromatic heterocycles. The van der Waals surface area contributed by atoms with Crippen molar-refractivity contribution in [3.63, 3.8) is 0 Å². The van der Waals surface area contributed by atoms with Crippen LogP contribution < -0.4 is 0 Å². The summed E-state index contributed by atoms with van der Waals surface area (Å²) in [6.45, 7) is -0.414. The van der Waals surface area contributed by atoms with Crippen molar-refractivity contribution in [1.82, 2.24) is 4.90 Å². The van der Waals surface area contributed by atoms with Crippen molar-refractivity contribution in [1.29, 1.82) is 0 Å². The molecule has 0 spiro atoms. The first-order valence-electron chi connectivity index (χ1n) is 6.33. The number of hydrogen-bond donors (Lipinski definition) is 1. The zero-order valence-corrected chi connectivity index (χ0v) is 13.3. The van der Waals surface area contributed by atoms with Crippen LogP contribution in [0.5, 0.6) is 0 Å². The number of carbonyl (C=O) groups is 3. The Balaban J connectivity index is 2.05. The molecular formula is C14H13NO5S2. The summed E-state index contributed by atoms with van der Waals surface area (Å²) in [7, 11) is 1.31. The number of thiocarbonyl (C=S) groups is 1. The summed E-state index contributed by atoms with van der Waals surface area (Å²) < 4.78 is 4.90. The van der Waals surface area contributed by atoms with Gasteiger partial charge < -0.3 is 9.84 Å². The molecule has 1 fully saturated rings. The molecule has 1 N–H and O–H groups in total. The molecule has 0 saturated carbocycles. The van der Waals surface area contributed by atoms with Gasteiger partial charge in [-0.05, 0) is 24.1 Å². The van der Waals surface area contributed by atoms with Gasteiger partial charge in [-0.1, -0.05) is 36.1 Å². The lowest BCUT2D eigenvalue weighted by Crippen LogP contribution is -2.36. The number of ether oxygens (including phenoxy) is 1. The maximum absolute atomic E-state index is 12.2. The average molecular weight is 339 g/mol. The van der Waals surface area contributed by atoms with Gasteiger partial charge in [0.15, 0.2) is 0 Å². The average Bonchev–Trinajstić information content (AvgIpc) is 2.74. The molecule has 116 valence electrons. The summed E-state index contributed by atoms with van der Waals surface area (Å²) >= 11 is 6.23. The molecule has 1 amide bonds. The summed E-state index contributed by atoms with van der Waals surface area (Å²) in [6.07, 6.45) is 0.418. The van der Waals surface area contributed by atoms with Crippen molar-refractivity contribution in [2.45, 2.75) is 11.7 Å². The van der Waals surface area contributed by atoms with Crippen LogP contribution in [0.15, 0.2) is 24.3 Å². The van der Waals surface area contributed by atoms with E-state index in [2.05, 4.69) is 4.74 Å². The molecule has 2 rings (SSSR count). The maximum Gasteiger partial charge on any atom is 0.337 e. The lowest BCUT2D eigenvalue weighted by atomic mass is 10.1. The molecular weight excluding hydrogens is 326 g/mol. The van der Waals surface area contributed by atoms with Crippen molar-refractivity contribution in [3.05, 3.63) is 35.4 Å². The fourth-order valence-electron chi connectivity index (χ4n) is 2.02. The number of nitrogens with zero attached hydrogens (tertiary/aromatic N) is 1. The zero-order valence-electron chi connectivity index (χ0n) is 11.6. The molecule has 0 bridgehead atoms. The number of aliphatic carboxylic acids is 1. The number of thioether (sulfide) groups is 1. The van der Waals surface area contributed by atoms with Crippen LogP contribution in [0.1, 0.15) is 15.9 Å². The van der Waals surface area contributed by atoms with Crippen LogP contribution in [0.3, 0.4) is 0 Å². The molecule has 1 unspecified atom stereocenters. The molecule has 22 heavy (non-hydrogen) atoms. The molecule has 1 heterocycles.